The first-order valence-corrected chi connectivity index (χ1v) is 7.41. The van der Waals surface area contributed by atoms with Crippen molar-refractivity contribution in [2.75, 3.05) is 26.2 Å². The number of nitrogens with one attached hydrogen (secondary N) is 1. The molecule has 0 unspecified atom stereocenters. The number of thiophene rings is 1. The van der Waals surface area contributed by atoms with Crippen molar-refractivity contribution in [1.82, 2.24) is 10.2 Å². The largest absolute Gasteiger partial charge is 0.314 e. The molecule has 3 rings (SSSR count). The highest BCUT2D eigenvalue weighted by atomic mass is 35.5. The molecule has 2 nitrogen and oxygen atoms in total. The molecule has 1 N–H and O–H groups in total. The fraction of sp³-hybridized carbons (Fsp3) is 0.333. The standard InChI is InChI=1S/C15H17FN2S.ClH/c16-14-4-2-1-3-13(14)15-6-5-12(19-15)11-18-9-7-17-8-10-18;/h1-6,17H,7-11H2;1H. The summed E-state index contributed by atoms with van der Waals surface area (Å²) in [5.41, 5.74) is 0.707. The van der Waals surface area contributed by atoms with Gasteiger partial charge in [-0.3, -0.25) is 4.90 Å². The molecule has 1 aliphatic heterocycles. The van der Waals surface area contributed by atoms with E-state index in [9.17, 15) is 4.39 Å². The van der Waals surface area contributed by atoms with Crippen molar-refractivity contribution < 1.29 is 4.39 Å². The van der Waals surface area contributed by atoms with Crippen LogP contribution >= 0.6 is 23.7 Å². The lowest BCUT2D eigenvalue weighted by molar-refractivity contribution is 0.235. The first-order chi connectivity index (χ1) is 9.33. The summed E-state index contributed by atoms with van der Waals surface area (Å²) < 4.78 is 13.7. The van der Waals surface area contributed by atoms with Crippen molar-refractivity contribution in [1.29, 1.82) is 0 Å². The topological polar surface area (TPSA) is 15.3 Å². The van der Waals surface area contributed by atoms with E-state index >= 15 is 0 Å². The number of halogens is 2. The van der Waals surface area contributed by atoms with Gasteiger partial charge in [0, 0.05) is 48.0 Å². The van der Waals surface area contributed by atoms with Crippen molar-refractivity contribution in [3.63, 3.8) is 0 Å². The molecule has 1 aliphatic rings. The summed E-state index contributed by atoms with van der Waals surface area (Å²) in [7, 11) is 0. The number of rotatable bonds is 3. The Hall–Kier alpha value is -0.940. The van der Waals surface area contributed by atoms with E-state index in [2.05, 4.69) is 16.3 Å². The molecule has 0 radical (unpaired) electrons. The molecular formula is C15H18ClFN2S. The fourth-order valence-corrected chi connectivity index (χ4v) is 3.44. The van der Waals surface area contributed by atoms with Crippen LogP contribution in [0.2, 0.25) is 0 Å². The number of nitrogens with zero attached hydrogens (tertiary/aromatic N) is 1. The van der Waals surface area contributed by atoms with Gasteiger partial charge < -0.3 is 5.32 Å². The third kappa shape index (κ3) is 3.58. The third-order valence-electron chi connectivity index (χ3n) is 3.39. The van der Waals surface area contributed by atoms with Crippen molar-refractivity contribution in [3.05, 3.63) is 47.1 Å². The van der Waals surface area contributed by atoms with Crippen LogP contribution < -0.4 is 5.32 Å². The molecule has 0 bridgehead atoms. The second-order valence-electron chi connectivity index (χ2n) is 4.77. The molecule has 2 aromatic rings. The minimum atomic E-state index is -0.141. The summed E-state index contributed by atoms with van der Waals surface area (Å²) in [6.07, 6.45) is 0. The molecule has 0 saturated carbocycles. The van der Waals surface area contributed by atoms with Gasteiger partial charge in [-0.2, -0.15) is 0 Å². The lowest BCUT2D eigenvalue weighted by Gasteiger charge is -2.26. The van der Waals surface area contributed by atoms with Gasteiger partial charge in [0.05, 0.1) is 0 Å². The highest BCUT2D eigenvalue weighted by molar-refractivity contribution is 7.15. The lowest BCUT2D eigenvalue weighted by atomic mass is 10.2. The Morgan fingerprint density at radius 2 is 1.85 bits per heavy atom. The van der Waals surface area contributed by atoms with Gasteiger partial charge in [0.25, 0.3) is 0 Å². The number of piperazine rings is 1. The molecule has 0 amide bonds. The van der Waals surface area contributed by atoms with Gasteiger partial charge >= 0.3 is 0 Å². The van der Waals surface area contributed by atoms with Gasteiger partial charge in [0.2, 0.25) is 0 Å². The maximum atomic E-state index is 13.7. The van der Waals surface area contributed by atoms with Crippen molar-refractivity contribution in [2.24, 2.45) is 0 Å². The Morgan fingerprint density at radius 1 is 1.10 bits per heavy atom. The minimum Gasteiger partial charge on any atom is -0.314 e. The molecule has 2 heterocycles. The molecule has 108 valence electrons. The second-order valence-corrected chi connectivity index (χ2v) is 5.94. The summed E-state index contributed by atoms with van der Waals surface area (Å²) in [4.78, 5) is 4.76. The van der Waals surface area contributed by atoms with Crippen molar-refractivity contribution >= 4 is 23.7 Å². The molecule has 1 fully saturated rings. The van der Waals surface area contributed by atoms with Crippen LogP contribution in [-0.4, -0.2) is 31.1 Å². The summed E-state index contributed by atoms with van der Waals surface area (Å²) in [5.74, 6) is -0.141. The zero-order valence-corrected chi connectivity index (χ0v) is 12.8. The molecule has 0 aliphatic carbocycles. The van der Waals surface area contributed by atoms with E-state index < -0.39 is 0 Å². The van der Waals surface area contributed by atoms with Crippen molar-refractivity contribution in [2.45, 2.75) is 6.54 Å². The Bertz CT molecular complexity index is 552. The van der Waals surface area contributed by atoms with E-state index in [1.165, 1.54) is 10.9 Å². The maximum Gasteiger partial charge on any atom is 0.131 e. The van der Waals surface area contributed by atoms with Gasteiger partial charge in [0.1, 0.15) is 5.82 Å². The molecule has 20 heavy (non-hydrogen) atoms. The smallest absolute Gasteiger partial charge is 0.131 e. The van der Waals surface area contributed by atoms with Crippen molar-refractivity contribution in [3.8, 4) is 10.4 Å². The van der Waals surface area contributed by atoms with E-state index in [-0.39, 0.29) is 18.2 Å². The molecule has 1 saturated heterocycles. The quantitative estimate of drug-likeness (QED) is 0.934. The maximum absolute atomic E-state index is 13.7. The molecule has 5 heteroatoms. The SMILES string of the molecule is Cl.Fc1ccccc1-c1ccc(CN2CCNCC2)s1. The summed E-state index contributed by atoms with van der Waals surface area (Å²) in [6, 6.07) is 11.1. The monoisotopic (exact) mass is 312 g/mol. The van der Waals surface area contributed by atoms with Crippen LogP contribution in [0.25, 0.3) is 10.4 Å². The Morgan fingerprint density at radius 3 is 2.60 bits per heavy atom. The normalized spacial score (nSPS) is 15.8. The van der Waals surface area contributed by atoms with Gasteiger partial charge in [0.15, 0.2) is 0 Å². The molecule has 0 atom stereocenters. The zero-order chi connectivity index (χ0) is 13.1. The highest BCUT2D eigenvalue weighted by Crippen LogP contribution is 2.30. The summed E-state index contributed by atoms with van der Waals surface area (Å²) in [5, 5.41) is 3.35. The van der Waals surface area contributed by atoms with Crippen LogP contribution in [0.15, 0.2) is 36.4 Å². The first-order valence-electron chi connectivity index (χ1n) is 6.59. The highest BCUT2D eigenvalue weighted by Gasteiger charge is 2.12. The van der Waals surface area contributed by atoms with E-state index in [4.69, 9.17) is 0 Å². The van der Waals surface area contributed by atoms with Crippen LogP contribution in [0.1, 0.15) is 4.88 Å². The second kappa shape index (κ2) is 7.18. The van der Waals surface area contributed by atoms with E-state index in [1.54, 1.807) is 17.4 Å². The molecule has 1 aromatic heterocycles. The van der Waals surface area contributed by atoms with E-state index in [0.29, 0.717) is 5.56 Å². The average molecular weight is 313 g/mol. The fourth-order valence-electron chi connectivity index (χ4n) is 2.36. The van der Waals surface area contributed by atoms with Gasteiger partial charge in [-0.25, -0.2) is 4.39 Å². The third-order valence-corrected chi connectivity index (χ3v) is 4.49. The van der Waals surface area contributed by atoms with Gasteiger partial charge in [-0.05, 0) is 18.2 Å². The van der Waals surface area contributed by atoms with Crippen LogP contribution in [0.4, 0.5) is 4.39 Å². The van der Waals surface area contributed by atoms with Gasteiger partial charge in [-0.15, -0.1) is 23.7 Å². The van der Waals surface area contributed by atoms with Crippen LogP contribution in [-0.2, 0) is 6.54 Å². The predicted octanol–water partition coefficient (Wildman–Crippen LogP) is 3.38. The average Bonchev–Trinajstić information content (AvgIpc) is 2.89. The first kappa shape index (κ1) is 15.4. The molecular weight excluding hydrogens is 295 g/mol. The lowest BCUT2D eigenvalue weighted by Crippen LogP contribution is -2.42. The van der Waals surface area contributed by atoms with Crippen LogP contribution in [0.3, 0.4) is 0 Å². The number of hydrogen-bond acceptors (Lipinski definition) is 3. The van der Waals surface area contributed by atoms with Gasteiger partial charge in [-0.1, -0.05) is 18.2 Å². The molecule has 1 aromatic carbocycles. The van der Waals surface area contributed by atoms with E-state index in [0.717, 1.165) is 37.6 Å². The number of hydrogen-bond donors (Lipinski definition) is 1. The number of benzene rings is 1. The molecule has 0 spiro atoms. The Kier molecular flexibility index (Phi) is 5.54. The predicted molar refractivity (Wildman–Crippen MR) is 85.1 cm³/mol. The summed E-state index contributed by atoms with van der Waals surface area (Å²) >= 11 is 1.69. The zero-order valence-electron chi connectivity index (χ0n) is 11.1. The van der Waals surface area contributed by atoms with Crippen LogP contribution in [0.5, 0.6) is 0 Å². The minimum absolute atomic E-state index is 0. The Labute approximate surface area is 129 Å². The Balaban J connectivity index is 0.00000147. The van der Waals surface area contributed by atoms with Crippen LogP contribution in [0, 0.1) is 5.82 Å². The van der Waals surface area contributed by atoms with E-state index in [1.807, 2.05) is 18.2 Å². The summed E-state index contributed by atoms with van der Waals surface area (Å²) in [6.45, 7) is 5.28.